The number of benzene rings is 1. The van der Waals surface area contributed by atoms with E-state index < -0.39 is 5.41 Å². The predicted molar refractivity (Wildman–Crippen MR) is 88.6 cm³/mol. The van der Waals surface area contributed by atoms with Crippen LogP contribution in [0.15, 0.2) is 24.3 Å². The van der Waals surface area contributed by atoms with Crippen LogP contribution in [0.25, 0.3) is 0 Å². The van der Waals surface area contributed by atoms with Crippen LogP contribution in [0.5, 0.6) is 0 Å². The van der Waals surface area contributed by atoms with Crippen LogP contribution in [0.1, 0.15) is 39.2 Å². The van der Waals surface area contributed by atoms with Crippen molar-refractivity contribution in [1.29, 1.82) is 0 Å². The van der Waals surface area contributed by atoms with E-state index in [1.165, 1.54) is 0 Å². The third kappa shape index (κ3) is 4.09. The summed E-state index contributed by atoms with van der Waals surface area (Å²) in [6.07, 6.45) is 1.72. The van der Waals surface area contributed by atoms with Crippen molar-refractivity contribution in [3.05, 3.63) is 29.8 Å². The molecule has 1 fully saturated rings. The number of carbonyl (C=O) groups is 2. The molecule has 0 aromatic heterocycles. The number of piperidine rings is 1. The Morgan fingerprint density at radius 3 is 2.64 bits per heavy atom. The highest BCUT2D eigenvalue weighted by Gasteiger charge is 2.33. The van der Waals surface area contributed by atoms with Crippen molar-refractivity contribution >= 4 is 17.5 Å². The van der Waals surface area contributed by atoms with Gasteiger partial charge in [0.25, 0.3) is 0 Å². The second-order valence-electron chi connectivity index (χ2n) is 7.20. The largest absolute Gasteiger partial charge is 0.341 e. The Morgan fingerprint density at radius 1 is 1.27 bits per heavy atom. The maximum Gasteiger partial charge on any atom is 0.229 e. The van der Waals surface area contributed by atoms with Crippen molar-refractivity contribution in [3.63, 3.8) is 0 Å². The van der Waals surface area contributed by atoms with Gasteiger partial charge in [-0.1, -0.05) is 32.9 Å². The Hall–Kier alpha value is -1.84. The molecule has 1 aromatic rings. The fourth-order valence-corrected chi connectivity index (χ4v) is 2.82. The Balaban J connectivity index is 2.00. The number of likely N-dealkylation sites (tertiary alicyclic amines) is 1. The third-order valence-corrected chi connectivity index (χ3v) is 4.01. The minimum Gasteiger partial charge on any atom is -0.341 e. The average Bonchev–Trinajstić information content (AvgIpc) is 2.45. The molecular weight excluding hydrogens is 276 g/mol. The summed E-state index contributed by atoms with van der Waals surface area (Å²) in [4.78, 5) is 26.7. The van der Waals surface area contributed by atoms with Gasteiger partial charge in [0.15, 0.2) is 0 Å². The van der Waals surface area contributed by atoms with E-state index in [1.54, 1.807) is 0 Å². The summed E-state index contributed by atoms with van der Waals surface area (Å²) in [5.41, 5.74) is 1.55. The van der Waals surface area contributed by atoms with Crippen molar-refractivity contribution in [1.82, 2.24) is 4.90 Å². The number of anilines is 1. The summed E-state index contributed by atoms with van der Waals surface area (Å²) in [5, 5.41) is 2.97. The lowest BCUT2D eigenvalue weighted by atomic mass is 9.91. The summed E-state index contributed by atoms with van der Waals surface area (Å²) in [6.45, 7) is 9.04. The van der Waals surface area contributed by atoms with Crippen LogP contribution in [0, 0.1) is 18.3 Å². The van der Waals surface area contributed by atoms with Crippen LogP contribution in [-0.4, -0.2) is 29.8 Å². The molecule has 1 aromatic carbocycles. The van der Waals surface area contributed by atoms with Gasteiger partial charge >= 0.3 is 0 Å². The molecular formula is C18H26N2O2. The smallest absolute Gasteiger partial charge is 0.229 e. The molecule has 0 unspecified atom stereocenters. The molecule has 1 saturated heterocycles. The van der Waals surface area contributed by atoms with Gasteiger partial charge in [0.1, 0.15) is 0 Å². The van der Waals surface area contributed by atoms with Crippen molar-refractivity contribution in [2.75, 3.05) is 18.4 Å². The molecule has 1 aliphatic heterocycles. The molecule has 1 N–H and O–H groups in total. The minimum absolute atomic E-state index is 0.0111. The van der Waals surface area contributed by atoms with Crippen LogP contribution >= 0.6 is 0 Å². The zero-order valence-corrected chi connectivity index (χ0v) is 14.0. The molecule has 1 atom stereocenters. The molecule has 0 spiro atoms. The lowest BCUT2D eigenvalue weighted by Gasteiger charge is -2.35. The van der Waals surface area contributed by atoms with Crippen LogP contribution in [-0.2, 0) is 9.59 Å². The molecule has 4 heteroatoms. The van der Waals surface area contributed by atoms with Gasteiger partial charge in [0.05, 0.1) is 5.92 Å². The van der Waals surface area contributed by atoms with Gasteiger partial charge in [0.2, 0.25) is 11.8 Å². The van der Waals surface area contributed by atoms with Gasteiger partial charge < -0.3 is 10.2 Å². The lowest BCUT2D eigenvalue weighted by molar-refractivity contribution is -0.142. The van der Waals surface area contributed by atoms with Crippen molar-refractivity contribution < 1.29 is 9.59 Å². The Morgan fingerprint density at radius 2 is 2.00 bits per heavy atom. The average molecular weight is 302 g/mol. The van der Waals surface area contributed by atoms with E-state index in [2.05, 4.69) is 5.32 Å². The van der Waals surface area contributed by atoms with E-state index in [1.807, 2.05) is 56.9 Å². The summed E-state index contributed by atoms with van der Waals surface area (Å²) >= 11 is 0. The van der Waals surface area contributed by atoms with Crippen LogP contribution in [0.2, 0.25) is 0 Å². The van der Waals surface area contributed by atoms with Gasteiger partial charge in [-0.05, 0) is 37.5 Å². The topological polar surface area (TPSA) is 49.4 Å². The summed E-state index contributed by atoms with van der Waals surface area (Å²) in [5.74, 6) is 0.0122. The number of amides is 2. The quantitative estimate of drug-likeness (QED) is 0.912. The third-order valence-electron chi connectivity index (χ3n) is 4.01. The van der Waals surface area contributed by atoms with Gasteiger partial charge in [0, 0.05) is 24.2 Å². The number of rotatable bonds is 2. The molecule has 0 saturated carbocycles. The molecule has 2 rings (SSSR count). The second kappa shape index (κ2) is 6.51. The molecule has 0 bridgehead atoms. The van der Waals surface area contributed by atoms with Gasteiger partial charge in [-0.2, -0.15) is 0 Å². The number of hydrogen-bond acceptors (Lipinski definition) is 2. The fourth-order valence-electron chi connectivity index (χ4n) is 2.82. The Labute approximate surface area is 132 Å². The van der Waals surface area contributed by atoms with E-state index in [-0.39, 0.29) is 17.7 Å². The lowest BCUT2D eigenvalue weighted by Crippen LogP contribution is -2.47. The Kier molecular flexibility index (Phi) is 4.89. The van der Waals surface area contributed by atoms with Crippen LogP contribution in [0.4, 0.5) is 5.69 Å². The standard InChI is InChI=1S/C18H26N2O2/c1-13-7-5-9-15(11-13)19-16(21)14-8-6-10-20(12-14)17(22)18(2,3)4/h5,7,9,11,14H,6,8,10,12H2,1-4H3,(H,19,21)/t14-/m0/s1. The van der Waals surface area contributed by atoms with Gasteiger partial charge in [-0.3, -0.25) is 9.59 Å². The van der Waals surface area contributed by atoms with E-state index >= 15 is 0 Å². The zero-order chi connectivity index (χ0) is 16.3. The normalized spacial score (nSPS) is 18.9. The first kappa shape index (κ1) is 16.5. The zero-order valence-electron chi connectivity index (χ0n) is 14.0. The number of aryl methyl sites for hydroxylation is 1. The Bertz CT molecular complexity index is 560. The molecule has 0 radical (unpaired) electrons. The van der Waals surface area contributed by atoms with Crippen LogP contribution in [0.3, 0.4) is 0 Å². The highest BCUT2D eigenvalue weighted by molar-refractivity contribution is 5.93. The monoisotopic (exact) mass is 302 g/mol. The van der Waals surface area contributed by atoms with E-state index in [0.29, 0.717) is 6.54 Å². The van der Waals surface area contributed by atoms with Crippen molar-refractivity contribution in [3.8, 4) is 0 Å². The highest BCUT2D eigenvalue weighted by atomic mass is 16.2. The number of carbonyl (C=O) groups excluding carboxylic acids is 2. The maximum atomic E-state index is 12.4. The minimum atomic E-state index is -0.394. The first-order chi connectivity index (χ1) is 10.3. The molecule has 4 nitrogen and oxygen atoms in total. The molecule has 22 heavy (non-hydrogen) atoms. The summed E-state index contributed by atoms with van der Waals surface area (Å²) in [7, 11) is 0. The van der Waals surface area contributed by atoms with Gasteiger partial charge in [-0.25, -0.2) is 0 Å². The SMILES string of the molecule is Cc1cccc(NC(=O)[C@H]2CCCN(C(=O)C(C)(C)C)C2)c1. The van der Waals surface area contributed by atoms with E-state index in [0.717, 1.165) is 30.6 Å². The van der Waals surface area contributed by atoms with Crippen molar-refractivity contribution in [2.24, 2.45) is 11.3 Å². The number of hydrogen-bond donors (Lipinski definition) is 1. The molecule has 2 amide bonds. The summed E-state index contributed by atoms with van der Waals surface area (Å²) < 4.78 is 0. The molecule has 1 aliphatic rings. The molecule has 0 aliphatic carbocycles. The van der Waals surface area contributed by atoms with E-state index in [9.17, 15) is 9.59 Å². The molecule has 120 valence electrons. The maximum absolute atomic E-state index is 12.4. The van der Waals surface area contributed by atoms with Crippen LogP contribution < -0.4 is 5.32 Å². The highest BCUT2D eigenvalue weighted by Crippen LogP contribution is 2.24. The second-order valence-corrected chi connectivity index (χ2v) is 7.20. The fraction of sp³-hybridized carbons (Fsp3) is 0.556. The number of nitrogens with zero attached hydrogens (tertiary/aromatic N) is 1. The molecule has 1 heterocycles. The van der Waals surface area contributed by atoms with E-state index in [4.69, 9.17) is 0 Å². The predicted octanol–water partition coefficient (Wildman–Crippen LogP) is 3.22. The first-order valence-corrected chi connectivity index (χ1v) is 7.94. The summed E-state index contributed by atoms with van der Waals surface area (Å²) in [6, 6.07) is 7.78. The van der Waals surface area contributed by atoms with Gasteiger partial charge in [-0.15, -0.1) is 0 Å². The first-order valence-electron chi connectivity index (χ1n) is 7.94. The van der Waals surface area contributed by atoms with Crippen molar-refractivity contribution in [2.45, 2.75) is 40.5 Å². The number of nitrogens with one attached hydrogen (secondary N) is 1.